The van der Waals surface area contributed by atoms with Gasteiger partial charge in [0.2, 0.25) is 0 Å². The summed E-state index contributed by atoms with van der Waals surface area (Å²) in [6, 6.07) is 11.8. The van der Waals surface area contributed by atoms with Gasteiger partial charge in [0.05, 0.1) is 10.8 Å². The summed E-state index contributed by atoms with van der Waals surface area (Å²) in [5, 5.41) is 2.95. The maximum absolute atomic E-state index is 13.3. The van der Waals surface area contributed by atoms with Crippen molar-refractivity contribution in [1.29, 1.82) is 0 Å². The van der Waals surface area contributed by atoms with Crippen molar-refractivity contribution in [2.24, 2.45) is 0 Å². The van der Waals surface area contributed by atoms with Gasteiger partial charge in [-0.05, 0) is 58.7 Å². The van der Waals surface area contributed by atoms with Crippen molar-refractivity contribution >= 4 is 21.5 Å². The third kappa shape index (κ3) is 4.22. The van der Waals surface area contributed by atoms with Crippen molar-refractivity contribution in [3.05, 3.63) is 79.9 Å². The Labute approximate surface area is 200 Å². The molecule has 2 aromatic heterocycles. The van der Waals surface area contributed by atoms with E-state index in [9.17, 15) is 9.59 Å². The number of rotatable bonds is 9. The predicted molar refractivity (Wildman–Crippen MR) is 140 cm³/mol. The number of fused-ring (bicyclic) bond motifs is 2. The molecular weight excluding hydrogens is 424 g/mol. The molecule has 4 heteroatoms. The van der Waals surface area contributed by atoms with E-state index in [2.05, 4.69) is 27.7 Å². The van der Waals surface area contributed by atoms with Gasteiger partial charge in [-0.15, -0.1) is 0 Å². The Morgan fingerprint density at radius 3 is 1.29 bits per heavy atom. The molecule has 0 amide bonds. The Hall–Kier alpha value is -3.14. The first kappa shape index (κ1) is 24.0. The van der Waals surface area contributed by atoms with E-state index in [1.54, 1.807) is 0 Å². The standard InChI is InChI=1S/C30H34O4/c1-5-11-19-21-15-9-17-23(27(21)29(31)33-25(19)13-7-3)24-18-10-16-22-20(12-6-2)26(14-8-4)34-30(32)28(22)24/h9-10,15-18H,5-8,11-14H2,1-4H3. The molecule has 0 saturated heterocycles. The third-order valence-electron chi connectivity index (χ3n) is 6.54. The van der Waals surface area contributed by atoms with Gasteiger partial charge in [-0.25, -0.2) is 9.59 Å². The van der Waals surface area contributed by atoms with Gasteiger partial charge < -0.3 is 8.83 Å². The molecule has 178 valence electrons. The second-order valence-electron chi connectivity index (χ2n) is 9.04. The number of benzene rings is 2. The van der Waals surface area contributed by atoms with Crippen LogP contribution in [0, 0.1) is 0 Å². The van der Waals surface area contributed by atoms with Crippen LogP contribution in [0.25, 0.3) is 32.7 Å². The van der Waals surface area contributed by atoms with Gasteiger partial charge in [0, 0.05) is 12.8 Å². The average molecular weight is 459 g/mol. The Bertz CT molecular complexity index is 1330. The van der Waals surface area contributed by atoms with Crippen LogP contribution < -0.4 is 11.3 Å². The highest BCUT2D eigenvalue weighted by Crippen LogP contribution is 2.35. The molecule has 0 unspecified atom stereocenters. The minimum atomic E-state index is -0.341. The van der Waals surface area contributed by atoms with Gasteiger partial charge in [0.25, 0.3) is 0 Å². The van der Waals surface area contributed by atoms with Crippen LogP contribution in [0.1, 0.15) is 76.0 Å². The molecule has 0 spiro atoms. The van der Waals surface area contributed by atoms with Crippen molar-refractivity contribution in [2.75, 3.05) is 0 Å². The molecule has 4 nitrogen and oxygen atoms in total. The van der Waals surface area contributed by atoms with Gasteiger partial charge in [0.1, 0.15) is 11.5 Å². The summed E-state index contributed by atoms with van der Waals surface area (Å²) < 4.78 is 11.8. The summed E-state index contributed by atoms with van der Waals surface area (Å²) in [6.45, 7) is 8.45. The maximum Gasteiger partial charge on any atom is 0.344 e. The lowest BCUT2D eigenvalue weighted by Crippen LogP contribution is -2.11. The van der Waals surface area contributed by atoms with Crippen molar-refractivity contribution in [2.45, 2.75) is 79.1 Å². The van der Waals surface area contributed by atoms with E-state index in [4.69, 9.17) is 8.83 Å². The number of aryl methyl sites for hydroxylation is 4. The summed E-state index contributed by atoms with van der Waals surface area (Å²) in [5.41, 5.74) is 2.98. The molecule has 0 fully saturated rings. The van der Waals surface area contributed by atoms with Crippen LogP contribution in [0.15, 0.2) is 54.8 Å². The van der Waals surface area contributed by atoms with E-state index in [-0.39, 0.29) is 11.3 Å². The van der Waals surface area contributed by atoms with E-state index in [0.717, 1.165) is 95.9 Å². The summed E-state index contributed by atoms with van der Waals surface area (Å²) in [5.74, 6) is 1.57. The van der Waals surface area contributed by atoms with E-state index >= 15 is 0 Å². The van der Waals surface area contributed by atoms with Gasteiger partial charge in [-0.2, -0.15) is 0 Å². The monoisotopic (exact) mass is 458 g/mol. The molecule has 0 aliphatic rings. The number of hydrogen-bond acceptors (Lipinski definition) is 4. The minimum Gasteiger partial charge on any atom is -0.427 e. The quantitative estimate of drug-likeness (QED) is 0.263. The fourth-order valence-electron chi connectivity index (χ4n) is 5.15. The van der Waals surface area contributed by atoms with Crippen LogP contribution in [0.3, 0.4) is 0 Å². The molecule has 0 radical (unpaired) electrons. The Kier molecular flexibility index (Phi) is 7.35. The first-order valence-electron chi connectivity index (χ1n) is 12.7. The topological polar surface area (TPSA) is 60.4 Å². The SMILES string of the molecule is CCCc1oc(=O)c2c(-c3cccc4c(CCC)c(CCC)oc(=O)c34)cccc2c1CCC. The predicted octanol–water partition coefficient (Wildman–Crippen LogP) is 7.38. The molecule has 34 heavy (non-hydrogen) atoms. The van der Waals surface area contributed by atoms with Crippen molar-refractivity contribution in [3.8, 4) is 11.1 Å². The zero-order valence-corrected chi connectivity index (χ0v) is 20.8. The highest BCUT2D eigenvalue weighted by atomic mass is 16.4. The fraction of sp³-hybridized carbons (Fsp3) is 0.400. The van der Waals surface area contributed by atoms with Gasteiger partial charge >= 0.3 is 11.3 Å². The van der Waals surface area contributed by atoms with E-state index in [1.165, 1.54) is 0 Å². The molecule has 4 rings (SSSR count). The normalized spacial score (nSPS) is 11.5. The molecule has 0 aliphatic carbocycles. The van der Waals surface area contributed by atoms with Crippen LogP contribution in [0.5, 0.6) is 0 Å². The Morgan fingerprint density at radius 2 is 0.941 bits per heavy atom. The fourth-order valence-corrected chi connectivity index (χ4v) is 5.15. The highest BCUT2D eigenvalue weighted by molar-refractivity contribution is 6.06. The van der Waals surface area contributed by atoms with Crippen molar-refractivity contribution in [1.82, 2.24) is 0 Å². The molecule has 0 saturated carbocycles. The molecule has 4 aromatic rings. The molecule has 0 atom stereocenters. The highest BCUT2D eigenvalue weighted by Gasteiger charge is 2.20. The second-order valence-corrected chi connectivity index (χ2v) is 9.04. The second kappa shape index (κ2) is 10.4. The molecular formula is C30H34O4. The van der Waals surface area contributed by atoms with Gasteiger partial charge in [0.15, 0.2) is 0 Å². The maximum atomic E-state index is 13.3. The Balaban J connectivity index is 2.09. The van der Waals surface area contributed by atoms with Gasteiger partial charge in [-0.3, -0.25) is 0 Å². The van der Waals surface area contributed by atoms with E-state index in [0.29, 0.717) is 10.8 Å². The molecule has 2 aromatic carbocycles. The summed E-state index contributed by atoms with van der Waals surface area (Å²) in [4.78, 5) is 26.6. The number of hydrogen-bond donors (Lipinski definition) is 0. The first-order valence-corrected chi connectivity index (χ1v) is 12.7. The lowest BCUT2D eigenvalue weighted by molar-refractivity contribution is 0.456. The summed E-state index contributed by atoms with van der Waals surface area (Å²) >= 11 is 0. The van der Waals surface area contributed by atoms with Crippen molar-refractivity contribution in [3.63, 3.8) is 0 Å². The zero-order chi connectivity index (χ0) is 24.2. The summed E-state index contributed by atoms with van der Waals surface area (Å²) in [6.07, 6.45) is 6.91. The van der Waals surface area contributed by atoms with E-state index < -0.39 is 0 Å². The Morgan fingerprint density at radius 1 is 0.559 bits per heavy atom. The third-order valence-corrected chi connectivity index (χ3v) is 6.54. The summed E-state index contributed by atoms with van der Waals surface area (Å²) in [7, 11) is 0. The van der Waals surface area contributed by atoms with Crippen LogP contribution in [-0.4, -0.2) is 0 Å². The molecule has 0 N–H and O–H groups in total. The zero-order valence-electron chi connectivity index (χ0n) is 20.8. The lowest BCUT2D eigenvalue weighted by Gasteiger charge is -2.15. The largest absolute Gasteiger partial charge is 0.427 e. The lowest BCUT2D eigenvalue weighted by atomic mass is 9.90. The van der Waals surface area contributed by atoms with Crippen LogP contribution >= 0.6 is 0 Å². The smallest absolute Gasteiger partial charge is 0.344 e. The molecule has 2 heterocycles. The van der Waals surface area contributed by atoms with Crippen LogP contribution in [0.2, 0.25) is 0 Å². The average Bonchev–Trinajstić information content (AvgIpc) is 2.83. The first-order chi connectivity index (χ1) is 16.5. The van der Waals surface area contributed by atoms with Gasteiger partial charge in [-0.1, -0.05) is 76.9 Å². The van der Waals surface area contributed by atoms with Crippen LogP contribution in [-0.2, 0) is 25.7 Å². The van der Waals surface area contributed by atoms with E-state index in [1.807, 2.05) is 36.4 Å². The molecule has 0 bridgehead atoms. The van der Waals surface area contributed by atoms with Crippen molar-refractivity contribution < 1.29 is 8.83 Å². The van der Waals surface area contributed by atoms with Crippen LogP contribution in [0.4, 0.5) is 0 Å². The molecule has 0 aliphatic heterocycles. The minimum absolute atomic E-state index is 0.341.